The molecule has 1 aliphatic heterocycles. The Morgan fingerprint density at radius 2 is 1.95 bits per heavy atom. The van der Waals surface area contributed by atoms with Crippen molar-refractivity contribution in [2.75, 3.05) is 13.2 Å². The molecule has 0 spiro atoms. The molecular weight excluding hydrogens is 270 g/mol. The Bertz CT molecular complexity index is 349. The minimum absolute atomic E-state index is 0.155. The van der Waals surface area contributed by atoms with Crippen LogP contribution in [0.1, 0.15) is 66.2 Å². The third kappa shape index (κ3) is 6.82. The monoisotopic (exact) mass is 299 g/mol. The third-order valence-corrected chi connectivity index (χ3v) is 3.48. The van der Waals surface area contributed by atoms with Gasteiger partial charge in [0.05, 0.1) is 6.61 Å². The Morgan fingerprint density at radius 1 is 1.24 bits per heavy atom. The van der Waals surface area contributed by atoms with Gasteiger partial charge in [-0.25, -0.2) is 4.79 Å². The number of hydrogen-bond donors (Lipinski definition) is 0. The van der Waals surface area contributed by atoms with Crippen molar-refractivity contribution < 1.29 is 19.1 Å². The van der Waals surface area contributed by atoms with E-state index < -0.39 is 5.60 Å². The van der Waals surface area contributed by atoms with Crippen molar-refractivity contribution in [3.63, 3.8) is 0 Å². The van der Waals surface area contributed by atoms with Crippen molar-refractivity contribution in [2.24, 2.45) is 0 Å². The van der Waals surface area contributed by atoms with Gasteiger partial charge in [-0.1, -0.05) is 0 Å². The number of nitrogens with zero attached hydrogens (tertiary/aromatic N) is 1. The maximum atomic E-state index is 12.2. The van der Waals surface area contributed by atoms with Gasteiger partial charge >= 0.3 is 12.1 Å². The van der Waals surface area contributed by atoms with E-state index in [9.17, 15) is 9.59 Å². The van der Waals surface area contributed by atoms with E-state index in [2.05, 4.69) is 0 Å². The molecule has 1 rings (SSSR count). The van der Waals surface area contributed by atoms with Crippen LogP contribution in [0.3, 0.4) is 0 Å². The average molecular weight is 299 g/mol. The Labute approximate surface area is 128 Å². The number of hydrogen-bond acceptors (Lipinski definition) is 4. The molecule has 0 aromatic heterocycles. The minimum Gasteiger partial charge on any atom is -0.466 e. The van der Waals surface area contributed by atoms with Crippen molar-refractivity contribution in [3.8, 4) is 0 Å². The molecule has 1 amide bonds. The first kappa shape index (κ1) is 17.8. The van der Waals surface area contributed by atoms with Gasteiger partial charge in [0.15, 0.2) is 0 Å². The van der Waals surface area contributed by atoms with Crippen LogP contribution < -0.4 is 0 Å². The molecule has 0 N–H and O–H groups in total. The molecule has 1 atom stereocenters. The first-order chi connectivity index (χ1) is 9.83. The third-order valence-electron chi connectivity index (χ3n) is 3.48. The van der Waals surface area contributed by atoms with Crippen LogP contribution >= 0.6 is 0 Å². The van der Waals surface area contributed by atoms with Crippen LogP contribution in [0.25, 0.3) is 0 Å². The van der Waals surface area contributed by atoms with E-state index in [1.807, 2.05) is 32.6 Å². The number of amides is 1. The Morgan fingerprint density at radius 3 is 2.57 bits per heavy atom. The number of carbonyl (C=O) groups excluding carboxylic acids is 2. The number of rotatable bonds is 5. The van der Waals surface area contributed by atoms with Gasteiger partial charge in [0.25, 0.3) is 0 Å². The van der Waals surface area contributed by atoms with Crippen LogP contribution in [0.5, 0.6) is 0 Å². The maximum absolute atomic E-state index is 12.2. The first-order valence-electron chi connectivity index (χ1n) is 7.98. The Kier molecular flexibility index (Phi) is 6.99. The molecule has 5 nitrogen and oxygen atoms in total. The van der Waals surface area contributed by atoms with Crippen molar-refractivity contribution >= 4 is 12.1 Å². The van der Waals surface area contributed by atoms with Gasteiger partial charge in [0.2, 0.25) is 0 Å². The minimum atomic E-state index is -0.468. The highest BCUT2D eigenvalue weighted by atomic mass is 16.6. The van der Waals surface area contributed by atoms with Crippen molar-refractivity contribution in [3.05, 3.63) is 0 Å². The summed E-state index contributed by atoms with van der Waals surface area (Å²) < 4.78 is 10.4. The predicted molar refractivity (Wildman–Crippen MR) is 81.1 cm³/mol. The molecule has 21 heavy (non-hydrogen) atoms. The Hall–Kier alpha value is -1.26. The van der Waals surface area contributed by atoms with Gasteiger partial charge in [-0.2, -0.15) is 0 Å². The average Bonchev–Trinajstić information content (AvgIpc) is 2.37. The molecule has 0 unspecified atom stereocenters. The van der Waals surface area contributed by atoms with E-state index in [0.29, 0.717) is 13.0 Å². The summed E-state index contributed by atoms with van der Waals surface area (Å²) in [5.41, 5.74) is -0.468. The van der Waals surface area contributed by atoms with E-state index in [1.54, 1.807) is 0 Å². The smallest absolute Gasteiger partial charge is 0.410 e. The second-order valence-electron chi connectivity index (χ2n) is 6.52. The summed E-state index contributed by atoms with van der Waals surface area (Å²) in [5.74, 6) is -0.155. The fourth-order valence-corrected chi connectivity index (χ4v) is 2.58. The van der Waals surface area contributed by atoms with Crippen LogP contribution in [0, 0.1) is 0 Å². The highest BCUT2D eigenvalue weighted by Gasteiger charge is 2.30. The summed E-state index contributed by atoms with van der Waals surface area (Å²) in [6, 6.07) is 0.183. The molecule has 0 radical (unpaired) electrons. The molecule has 0 bridgehead atoms. The molecule has 1 heterocycles. The van der Waals surface area contributed by atoms with E-state index in [0.717, 1.165) is 38.6 Å². The van der Waals surface area contributed by atoms with Gasteiger partial charge in [-0.3, -0.25) is 4.79 Å². The summed E-state index contributed by atoms with van der Waals surface area (Å²) in [6.07, 6.45) is 4.91. The fourth-order valence-electron chi connectivity index (χ4n) is 2.58. The molecule has 5 heteroatoms. The quantitative estimate of drug-likeness (QED) is 0.729. The van der Waals surface area contributed by atoms with E-state index in [-0.39, 0.29) is 18.1 Å². The molecule has 1 aliphatic rings. The number of ether oxygens (including phenoxy) is 2. The van der Waals surface area contributed by atoms with E-state index >= 15 is 0 Å². The van der Waals surface area contributed by atoms with E-state index in [1.165, 1.54) is 0 Å². The normalized spacial score (nSPS) is 19.2. The molecular formula is C16H29NO4. The van der Waals surface area contributed by atoms with Crippen LogP contribution in [0.2, 0.25) is 0 Å². The topological polar surface area (TPSA) is 55.8 Å². The second-order valence-corrected chi connectivity index (χ2v) is 6.52. The van der Waals surface area contributed by atoms with Crippen LogP contribution in [0.15, 0.2) is 0 Å². The van der Waals surface area contributed by atoms with E-state index in [4.69, 9.17) is 9.47 Å². The molecule has 0 saturated carbocycles. The van der Waals surface area contributed by atoms with Gasteiger partial charge in [-0.15, -0.1) is 0 Å². The number of piperidine rings is 1. The molecule has 0 aromatic carbocycles. The molecule has 122 valence electrons. The largest absolute Gasteiger partial charge is 0.466 e. The van der Waals surface area contributed by atoms with Crippen LogP contribution in [-0.4, -0.2) is 41.8 Å². The summed E-state index contributed by atoms with van der Waals surface area (Å²) in [7, 11) is 0. The van der Waals surface area contributed by atoms with Crippen LogP contribution in [0.4, 0.5) is 4.79 Å². The molecule has 1 fully saturated rings. The zero-order valence-corrected chi connectivity index (χ0v) is 13.8. The lowest BCUT2D eigenvalue weighted by Crippen LogP contribution is -2.46. The van der Waals surface area contributed by atoms with Crippen LogP contribution in [-0.2, 0) is 14.3 Å². The molecule has 0 aromatic rings. The lowest BCUT2D eigenvalue weighted by Gasteiger charge is -2.36. The van der Waals surface area contributed by atoms with Crippen molar-refractivity contribution in [2.45, 2.75) is 77.9 Å². The van der Waals surface area contributed by atoms with Gasteiger partial charge in [0, 0.05) is 19.0 Å². The number of likely N-dealkylation sites (tertiary alicyclic amines) is 1. The first-order valence-corrected chi connectivity index (χ1v) is 7.98. The number of esters is 1. The summed E-state index contributed by atoms with van der Waals surface area (Å²) >= 11 is 0. The zero-order chi connectivity index (χ0) is 15.9. The number of carbonyl (C=O) groups is 2. The molecule has 1 saturated heterocycles. The highest BCUT2D eigenvalue weighted by molar-refractivity contribution is 5.69. The fraction of sp³-hybridized carbons (Fsp3) is 0.875. The SMILES string of the molecule is CCOC(=O)CCC[C@@H]1CCCCN1C(=O)OC(C)(C)C. The zero-order valence-electron chi connectivity index (χ0n) is 13.8. The summed E-state index contributed by atoms with van der Waals surface area (Å²) in [6.45, 7) is 8.62. The lowest BCUT2D eigenvalue weighted by molar-refractivity contribution is -0.143. The predicted octanol–water partition coefficient (Wildman–Crippen LogP) is 3.51. The molecule has 0 aliphatic carbocycles. The highest BCUT2D eigenvalue weighted by Crippen LogP contribution is 2.24. The van der Waals surface area contributed by atoms with Crippen molar-refractivity contribution in [1.29, 1.82) is 0 Å². The maximum Gasteiger partial charge on any atom is 0.410 e. The summed E-state index contributed by atoms with van der Waals surface area (Å²) in [4.78, 5) is 25.4. The Balaban J connectivity index is 2.45. The lowest BCUT2D eigenvalue weighted by atomic mass is 9.97. The van der Waals surface area contributed by atoms with Gasteiger partial charge < -0.3 is 14.4 Å². The van der Waals surface area contributed by atoms with Crippen molar-refractivity contribution in [1.82, 2.24) is 4.90 Å². The standard InChI is InChI=1S/C16H29NO4/c1-5-20-14(18)11-8-10-13-9-6-7-12-17(13)15(19)21-16(2,3)4/h13H,5-12H2,1-4H3/t13-/m0/s1. The second kappa shape index (κ2) is 8.25. The van der Waals surface area contributed by atoms with Gasteiger partial charge in [0.1, 0.15) is 5.60 Å². The summed E-state index contributed by atoms with van der Waals surface area (Å²) in [5, 5.41) is 0. The van der Waals surface area contributed by atoms with Gasteiger partial charge in [-0.05, 0) is 59.8 Å².